The van der Waals surface area contributed by atoms with Crippen LogP contribution in [0, 0.1) is 0 Å². The predicted molar refractivity (Wildman–Crippen MR) is 116 cm³/mol. The largest absolute Gasteiger partial charge is 0.340 e. The van der Waals surface area contributed by atoms with Crippen LogP contribution in [0.1, 0.15) is 45.4 Å². The normalized spacial score (nSPS) is 11.4. The molecule has 0 atom stereocenters. The van der Waals surface area contributed by atoms with Gasteiger partial charge < -0.3 is 4.57 Å². The summed E-state index contributed by atoms with van der Waals surface area (Å²) in [4.78, 5) is 4.53. The van der Waals surface area contributed by atoms with Gasteiger partial charge in [-0.25, -0.2) is 0 Å². The van der Waals surface area contributed by atoms with E-state index in [-0.39, 0.29) is 0 Å². The molecule has 0 radical (unpaired) electrons. The molecule has 2 aromatic heterocycles. The second kappa shape index (κ2) is 8.39. The standard InChI is InChI=1S/C25H28N2/c1-2-3-4-5-6-11-18-27-24-14-8-7-12-21(24)22-16-15-20(19-25(22)27)23-13-9-10-17-26-23/h7-10,12-17,19H,2-6,11,18H2,1H3. The third-order valence-corrected chi connectivity index (χ3v) is 5.47. The number of unbranched alkanes of at least 4 members (excludes halogenated alkanes) is 5. The van der Waals surface area contributed by atoms with Crippen molar-refractivity contribution in [1.82, 2.24) is 9.55 Å². The van der Waals surface area contributed by atoms with Crippen molar-refractivity contribution in [3.05, 3.63) is 66.9 Å². The highest BCUT2D eigenvalue weighted by Crippen LogP contribution is 2.32. The molecule has 0 fully saturated rings. The van der Waals surface area contributed by atoms with Crippen LogP contribution in [0.2, 0.25) is 0 Å². The van der Waals surface area contributed by atoms with Crippen molar-refractivity contribution >= 4 is 21.8 Å². The van der Waals surface area contributed by atoms with E-state index < -0.39 is 0 Å². The smallest absolute Gasteiger partial charge is 0.0702 e. The Morgan fingerprint density at radius 1 is 0.741 bits per heavy atom. The zero-order valence-electron chi connectivity index (χ0n) is 16.2. The monoisotopic (exact) mass is 356 g/mol. The van der Waals surface area contributed by atoms with Crippen LogP contribution < -0.4 is 0 Å². The highest BCUT2D eigenvalue weighted by atomic mass is 15.0. The van der Waals surface area contributed by atoms with E-state index in [1.165, 1.54) is 65.9 Å². The van der Waals surface area contributed by atoms with Crippen molar-refractivity contribution in [2.24, 2.45) is 0 Å². The van der Waals surface area contributed by atoms with Crippen LogP contribution in [-0.2, 0) is 6.54 Å². The Hall–Kier alpha value is -2.61. The minimum Gasteiger partial charge on any atom is -0.340 e. The summed E-state index contributed by atoms with van der Waals surface area (Å²) in [5.41, 5.74) is 4.90. The molecular formula is C25H28N2. The molecule has 0 saturated heterocycles. The lowest BCUT2D eigenvalue weighted by Gasteiger charge is -2.09. The fourth-order valence-electron chi connectivity index (χ4n) is 4.03. The molecule has 27 heavy (non-hydrogen) atoms. The van der Waals surface area contributed by atoms with Crippen LogP contribution in [0.25, 0.3) is 33.1 Å². The first-order valence-corrected chi connectivity index (χ1v) is 10.3. The molecule has 2 heteroatoms. The minimum absolute atomic E-state index is 1.04. The Morgan fingerprint density at radius 3 is 2.37 bits per heavy atom. The third kappa shape index (κ3) is 3.75. The molecule has 0 aliphatic rings. The summed E-state index contributed by atoms with van der Waals surface area (Å²) in [5, 5.41) is 2.70. The van der Waals surface area contributed by atoms with Crippen LogP contribution in [0.15, 0.2) is 66.9 Å². The zero-order chi connectivity index (χ0) is 18.5. The minimum atomic E-state index is 1.04. The van der Waals surface area contributed by atoms with Gasteiger partial charge >= 0.3 is 0 Å². The molecular weight excluding hydrogens is 328 g/mol. The van der Waals surface area contributed by atoms with Gasteiger partial charge in [0.2, 0.25) is 0 Å². The molecule has 0 amide bonds. The molecule has 4 rings (SSSR count). The first-order chi connectivity index (χ1) is 13.4. The Balaban J connectivity index is 1.68. The van der Waals surface area contributed by atoms with Crippen molar-refractivity contribution < 1.29 is 0 Å². The van der Waals surface area contributed by atoms with Crippen molar-refractivity contribution in [3.63, 3.8) is 0 Å². The van der Waals surface area contributed by atoms with E-state index in [9.17, 15) is 0 Å². The van der Waals surface area contributed by atoms with Crippen LogP contribution in [0.3, 0.4) is 0 Å². The van der Waals surface area contributed by atoms with Crippen LogP contribution in [0.4, 0.5) is 0 Å². The number of pyridine rings is 1. The summed E-state index contributed by atoms with van der Waals surface area (Å²) < 4.78 is 2.51. The summed E-state index contributed by atoms with van der Waals surface area (Å²) in [6, 6.07) is 21.7. The Morgan fingerprint density at radius 2 is 1.52 bits per heavy atom. The lowest BCUT2D eigenvalue weighted by Crippen LogP contribution is -1.98. The van der Waals surface area contributed by atoms with Crippen LogP contribution in [-0.4, -0.2) is 9.55 Å². The Bertz CT molecular complexity index is 1010. The van der Waals surface area contributed by atoms with Gasteiger partial charge in [-0.1, -0.05) is 75.4 Å². The molecule has 0 aliphatic carbocycles. The van der Waals surface area contributed by atoms with Crippen LogP contribution in [0.5, 0.6) is 0 Å². The summed E-state index contributed by atoms with van der Waals surface area (Å²) in [5.74, 6) is 0. The lowest BCUT2D eigenvalue weighted by molar-refractivity contribution is 0.571. The van der Waals surface area contributed by atoms with Gasteiger partial charge in [0.25, 0.3) is 0 Å². The average molecular weight is 357 g/mol. The van der Waals surface area contributed by atoms with Crippen molar-refractivity contribution in [2.45, 2.75) is 52.0 Å². The first kappa shape index (κ1) is 17.8. The number of aromatic nitrogens is 2. The Kier molecular flexibility index (Phi) is 5.53. The first-order valence-electron chi connectivity index (χ1n) is 10.3. The van der Waals surface area contributed by atoms with E-state index in [4.69, 9.17) is 0 Å². The maximum absolute atomic E-state index is 4.53. The number of nitrogens with zero attached hydrogens (tertiary/aromatic N) is 2. The highest BCUT2D eigenvalue weighted by molar-refractivity contribution is 6.08. The van der Waals surface area contributed by atoms with Gasteiger partial charge in [-0.15, -0.1) is 0 Å². The number of hydrogen-bond donors (Lipinski definition) is 0. The average Bonchev–Trinajstić information content (AvgIpc) is 3.04. The van der Waals surface area contributed by atoms with Crippen molar-refractivity contribution in [1.29, 1.82) is 0 Å². The topological polar surface area (TPSA) is 17.8 Å². The molecule has 2 nitrogen and oxygen atoms in total. The maximum Gasteiger partial charge on any atom is 0.0702 e. The number of para-hydroxylation sites is 1. The van der Waals surface area contributed by atoms with E-state index in [2.05, 4.69) is 71.1 Å². The molecule has 0 spiro atoms. The summed E-state index contributed by atoms with van der Waals surface area (Å²) in [7, 11) is 0. The van der Waals surface area contributed by atoms with Crippen molar-refractivity contribution in [3.8, 4) is 11.3 Å². The van der Waals surface area contributed by atoms with E-state index >= 15 is 0 Å². The number of hydrogen-bond acceptors (Lipinski definition) is 1. The molecule has 138 valence electrons. The number of rotatable bonds is 8. The van der Waals surface area contributed by atoms with Gasteiger partial charge in [-0.05, 0) is 30.7 Å². The summed E-state index contributed by atoms with van der Waals surface area (Å²) in [6.45, 7) is 3.36. The van der Waals surface area contributed by atoms with E-state index in [1.54, 1.807) is 0 Å². The molecule has 0 bridgehead atoms. The summed E-state index contributed by atoms with van der Waals surface area (Å²) in [6.07, 6.45) is 9.81. The van der Waals surface area contributed by atoms with Gasteiger partial charge in [0.1, 0.15) is 0 Å². The fourth-order valence-corrected chi connectivity index (χ4v) is 4.03. The van der Waals surface area contributed by atoms with Crippen molar-refractivity contribution in [2.75, 3.05) is 0 Å². The van der Waals surface area contributed by atoms with E-state index in [0.717, 1.165) is 12.2 Å². The fraction of sp³-hybridized carbons (Fsp3) is 0.320. The van der Waals surface area contributed by atoms with Gasteiger partial charge in [0.05, 0.1) is 5.69 Å². The number of aryl methyl sites for hydroxylation is 1. The lowest BCUT2D eigenvalue weighted by atomic mass is 10.1. The Labute approximate surface area is 161 Å². The molecule has 0 aliphatic heterocycles. The zero-order valence-corrected chi connectivity index (χ0v) is 16.2. The van der Waals surface area contributed by atoms with Gasteiger partial charge in [0.15, 0.2) is 0 Å². The number of benzene rings is 2. The SMILES string of the molecule is CCCCCCCCn1c2ccccc2c2ccc(-c3ccccn3)cc21. The summed E-state index contributed by atoms with van der Waals surface area (Å²) >= 11 is 0. The van der Waals surface area contributed by atoms with Gasteiger partial charge in [-0.2, -0.15) is 0 Å². The van der Waals surface area contributed by atoms with E-state index in [0.29, 0.717) is 0 Å². The molecule has 0 N–H and O–H groups in total. The van der Waals surface area contributed by atoms with Crippen LogP contribution >= 0.6 is 0 Å². The molecule has 2 aromatic carbocycles. The van der Waals surface area contributed by atoms with Gasteiger partial charge in [0, 0.05) is 40.1 Å². The van der Waals surface area contributed by atoms with E-state index in [1.807, 2.05) is 12.3 Å². The second-order valence-electron chi connectivity index (χ2n) is 7.38. The number of fused-ring (bicyclic) bond motifs is 3. The molecule has 0 saturated carbocycles. The quantitative estimate of drug-likeness (QED) is 0.305. The molecule has 0 unspecified atom stereocenters. The van der Waals surface area contributed by atoms with Gasteiger partial charge in [-0.3, -0.25) is 4.98 Å². The molecule has 2 heterocycles. The highest BCUT2D eigenvalue weighted by Gasteiger charge is 2.11. The third-order valence-electron chi connectivity index (χ3n) is 5.47. The molecule has 4 aromatic rings. The predicted octanol–water partition coefficient (Wildman–Crippen LogP) is 7.22. The maximum atomic E-state index is 4.53. The second-order valence-corrected chi connectivity index (χ2v) is 7.38.